The van der Waals surface area contributed by atoms with Gasteiger partial charge in [-0.2, -0.15) is 0 Å². The van der Waals surface area contributed by atoms with Crippen LogP contribution in [0.25, 0.3) is 0 Å². The molecule has 0 bridgehead atoms. The Labute approximate surface area is 392 Å². The summed E-state index contributed by atoms with van der Waals surface area (Å²) < 4.78 is 16.9. The summed E-state index contributed by atoms with van der Waals surface area (Å²) >= 11 is 0. The van der Waals surface area contributed by atoms with Crippen LogP contribution in [0, 0.1) is 0 Å². The number of carbonyl (C=O) groups is 3. The van der Waals surface area contributed by atoms with E-state index in [9.17, 15) is 14.4 Å². The summed E-state index contributed by atoms with van der Waals surface area (Å²) in [5.74, 6) is -0.847. The van der Waals surface area contributed by atoms with Crippen molar-refractivity contribution >= 4 is 17.9 Å². The molecule has 0 heterocycles. The first-order valence-corrected chi connectivity index (χ1v) is 28.2. The van der Waals surface area contributed by atoms with Crippen molar-refractivity contribution in [1.29, 1.82) is 0 Å². The van der Waals surface area contributed by atoms with E-state index < -0.39 is 6.10 Å². The molecule has 0 saturated heterocycles. The average molecular weight is 889 g/mol. The highest BCUT2D eigenvalue weighted by molar-refractivity contribution is 5.71. The van der Waals surface area contributed by atoms with Gasteiger partial charge in [0.1, 0.15) is 13.2 Å². The molecule has 0 aromatic carbocycles. The first-order valence-electron chi connectivity index (χ1n) is 28.2. The van der Waals surface area contributed by atoms with Crippen LogP contribution in [0.1, 0.15) is 316 Å². The Morgan fingerprint density at radius 2 is 0.524 bits per heavy atom. The van der Waals surface area contributed by atoms with Gasteiger partial charge in [-0.15, -0.1) is 0 Å². The maximum Gasteiger partial charge on any atom is 0.306 e. The van der Waals surface area contributed by atoms with Gasteiger partial charge in [0.15, 0.2) is 6.10 Å². The zero-order valence-electron chi connectivity index (χ0n) is 42.6. The van der Waals surface area contributed by atoms with Gasteiger partial charge in [-0.25, -0.2) is 0 Å². The minimum Gasteiger partial charge on any atom is -0.462 e. The van der Waals surface area contributed by atoms with Gasteiger partial charge in [0.05, 0.1) is 0 Å². The molecule has 0 amide bonds. The maximum atomic E-state index is 12.8. The second-order valence-corrected chi connectivity index (χ2v) is 19.2. The molecule has 372 valence electrons. The van der Waals surface area contributed by atoms with Crippen molar-refractivity contribution in [3.63, 3.8) is 0 Å². The molecule has 0 aromatic heterocycles. The highest BCUT2D eigenvalue weighted by atomic mass is 16.6. The van der Waals surface area contributed by atoms with Crippen molar-refractivity contribution in [3.8, 4) is 0 Å². The van der Waals surface area contributed by atoms with Crippen LogP contribution in [-0.4, -0.2) is 37.2 Å². The van der Waals surface area contributed by atoms with Crippen LogP contribution in [0.15, 0.2) is 12.2 Å². The first-order chi connectivity index (χ1) is 31.0. The molecule has 0 spiro atoms. The Kier molecular flexibility index (Phi) is 51.2. The highest BCUT2D eigenvalue weighted by Crippen LogP contribution is 2.17. The average Bonchev–Trinajstić information content (AvgIpc) is 3.28. The largest absolute Gasteiger partial charge is 0.462 e. The molecule has 0 aliphatic carbocycles. The monoisotopic (exact) mass is 889 g/mol. The van der Waals surface area contributed by atoms with Crippen LogP contribution in [0.2, 0.25) is 0 Å². The van der Waals surface area contributed by atoms with E-state index >= 15 is 0 Å². The summed E-state index contributed by atoms with van der Waals surface area (Å²) in [5, 5.41) is 0. The molecule has 0 rings (SSSR count). The van der Waals surface area contributed by atoms with Gasteiger partial charge in [-0.05, 0) is 44.9 Å². The van der Waals surface area contributed by atoms with Gasteiger partial charge < -0.3 is 14.2 Å². The Bertz CT molecular complexity index is 978. The van der Waals surface area contributed by atoms with E-state index in [4.69, 9.17) is 14.2 Å². The molecule has 0 fully saturated rings. The zero-order chi connectivity index (χ0) is 45.8. The fourth-order valence-electron chi connectivity index (χ4n) is 8.50. The molecule has 1 atom stereocenters. The van der Waals surface area contributed by atoms with E-state index in [1.165, 1.54) is 218 Å². The molecule has 63 heavy (non-hydrogen) atoms. The number of unbranched alkanes of at least 4 members (excludes halogenated alkanes) is 39. The minimum atomic E-state index is -0.766. The lowest BCUT2D eigenvalue weighted by atomic mass is 10.0. The standard InChI is InChI=1S/C57H108O6/c1-4-7-10-13-16-19-22-25-28-30-32-35-38-41-44-47-50-56(59)62-53-54(52-61-55(58)49-46-43-40-37-34-31-27-24-21-18-15-12-9-6-3)63-57(60)51-48-45-42-39-36-33-29-26-23-20-17-14-11-8-5-2/h20,23,54H,4-19,21-22,24-53H2,1-3H3/b23-20-. The molecule has 6 heteroatoms. The summed E-state index contributed by atoms with van der Waals surface area (Å²) in [5.41, 5.74) is 0. The predicted molar refractivity (Wildman–Crippen MR) is 270 cm³/mol. The maximum absolute atomic E-state index is 12.8. The summed E-state index contributed by atoms with van der Waals surface area (Å²) in [7, 11) is 0. The number of allylic oxidation sites excluding steroid dienone is 2. The van der Waals surface area contributed by atoms with Crippen LogP contribution < -0.4 is 0 Å². The Hall–Kier alpha value is -1.85. The molecule has 1 unspecified atom stereocenters. The van der Waals surface area contributed by atoms with E-state index in [1.54, 1.807) is 0 Å². The Morgan fingerprint density at radius 1 is 0.302 bits per heavy atom. The van der Waals surface area contributed by atoms with Crippen molar-refractivity contribution in [2.75, 3.05) is 13.2 Å². The lowest BCUT2D eigenvalue weighted by Crippen LogP contribution is -2.30. The summed E-state index contributed by atoms with van der Waals surface area (Å²) in [4.78, 5) is 38.1. The molecule has 0 aromatic rings. The Balaban J connectivity index is 4.32. The van der Waals surface area contributed by atoms with E-state index in [2.05, 4.69) is 32.9 Å². The van der Waals surface area contributed by atoms with Gasteiger partial charge >= 0.3 is 17.9 Å². The molecule has 0 saturated carbocycles. The third kappa shape index (κ3) is 51.0. The second-order valence-electron chi connectivity index (χ2n) is 19.2. The topological polar surface area (TPSA) is 78.9 Å². The van der Waals surface area contributed by atoms with E-state index in [1.807, 2.05) is 0 Å². The summed E-state index contributed by atoms with van der Waals surface area (Å²) in [6.45, 7) is 6.68. The number of hydrogen-bond acceptors (Lipinski definition) is 6. The second kappa shape index (κ2) is 52.8. The highest BCUT2D eigenvalue weighted by Gasteiger charge is 2.19. The fourth-order valence-corrected chi connectivity index (χ4v) is 8.50. The molecule has 0 aliphatic rings. The number of ether oxygens (including phenoxy) is 3. The molecule has 0 N–H and O–H groups in total. The van der Waals surface area contributed by atoms with Crippen LogP contribution in [0.3, 0.4) is 0 Å². The van der Waals surface area contributed by atoms with Crippen LogP contribution >= 0.6 is 0 Å². The normalized spacial score (nSPS) is 12.0. The van der Waals surface area contributed by atoms with Crippen molar-refractivity contribution in [1.82, 2.24) is 0 Å². The van der Waals surface area contributed by atoms with E-state index in [0.29, 0.717) is 19.3 Å². The number of hydrogen-bond donors (Lipinski definition) is 0. The molecule has 0 radical (unpaired) electrons. The van der Waals surface area contributed by atoms with Gasteiger partial charge in [0.25, 0.3) is 0 Å². The predicted octanol–water partition coefficient (Wildman–Crippen LogP) is 18.5. The molecule has 0 aliphatic heterocycles. The molecule has 6 nitrogen and oxygen atoms in total. The van der Waals surface area contributed by atoms with Crippen molar-refractivity contribution < 1.29 is 28.6 Å². The smallest absolute Gasteiger partial charge is 0.306 e. The van der Waals surface area contributed by atoms with Crippen molar-refractivity contribution in [2.24, 2.45) is 0 Å². The van der Waals surface area contributed by atoms with E-state index in [-0.39, 0.29) is 31.1 Å². The van der Waals surface area contributed by atoms with E-state index in [0.717, 1.165) is 57.8 Å². The summed E-state index contributed by atoms with van der Waals surface area (Å²) in [6.07, 6.45) is 59.1. The summed E-state index contributed by atoms with van der Waals surface area (Å²) in [6, 6.07) is 0. The third-order valence-electron chi connectivity index (χ3n) is 12.8. The van der Waals surface area contributed by atoms with Crippen LogP contribution in [0.5, 0.6) is 0 Å². The molecular formula is C57H108O6. The Morgan fingerprint density at radius 3 is 0.810 bits per heavy atom. The van der Waals surface area contributed by atoms with Crippen molar-refractivity contribution in [2.45, 2.75) is 322 Å². The van der Waals surface area contributed by atoms with Gasteiger partial charge in [-0.1, -0.05) is 264 Å². The van der Waals surface area contributed by atoms with Gasteiger partial charge in [-0.3, -0.25) is 14.4 Å². The van der Waals surface area contributed by atoms with Gasteiger partial charge in [0.2, 0.25) is 0 Å². The zero-order valence-corrected chi connectivity index (χ0v) is 42.6. The lowest BCUT2D eigenvalue weighted by molar-refractivity contribution is -0.167. The van der Waals surface area contributed by atoms with Gasteiger partial charge in [0, 0.05) is 19.3 Å². The first kappa shape index (κ1) is 61.1. The van der Waals surface area contributed by atoms with Crippen LogP contribution in [-0.2, 0) is 28.6 Å². The van der Waals surface area contributed by atoms with Crippen LogP contribution in [0.4, 0.5) is 0 Å². The third-order valence-corrected chi connectivity index (χ3v) is 12.8. The number of esters is 3. The fraction of sp³-hybridized carbons (Fsp3) is 0.912. The quantitative estimate of drug-likeness (QED) is 0.0262. The number of rotatable bonds is 52. The minimum absolute atomic E-state index is 0.0659. The molecular weight excluding hydrogens is 781 g/mol. The SMILES string of the molecule is CCCCCC/C=C\CCCCCCCCCC(=O)OC(COC(=O)CCCCCCCCCCCCCCCC)COC(=O)CCCCCCCCCCCCCCCCCC. The number of carbonyl (C=O) groups excluding carboxylic acids is 3. The lowest BCUT2D eigenvalue weighted by Gasteiger charge is -2.18. The van der Waals surface area contributed by atoms with Crippen molar-refractivity contribution in [3.05, 3.63) is 12.2 Å².